The summed E-state index contributed by atoms with van der Waals surface area (Å²) in [5, 5.41) is 0. The Balaban J connectivity index is 2.96. The van der Waals surface area contributed by atoms with Crippen LogP contribution in [0.5, 0.6) is 0 Å². The smallest absolute Gasteiger partial charge is 0.274 e. The van der Waals surface area contributed by atoms with Gasteiger partial charge in [-0.25, -0.2) is 17.2 Å². The van der Waals surface area contributed by atoms with Gasteiger partial charge >= 0.3 is 0 Å². The van der Waals surface area contributed by atoms with Crippen LogP contribution in [0.2, 0.25) is 0 Å². The highest BCUT2D eigenvalue weighted by Crippen LogP contribution is 2.19. The molecule has 0 bridgehead atoms. The van der Waals surface area contributed by atoms with Crippen molar-refractivity contribution in [3.05, 3.63) is 30.3 Å². The Morgan fingerprint density at radius 3 is 2.20 bits per heavy atom. The van der Waals surface area contributed by atoms with E-state index in [-0.39, 0.29) is 4.90 Å². The standard InChI is InChI=1S/C9H11F2NO2S/c10-9(11,6-12)7-15(13,14)8-4-2-1-3-5-8/h1-5H,6-7,12H2. The summed E-state index contributed by atoms with van der Waals surface area (Å²) in [6.45, 7) is -0.973. The first kappa shape index (κ1) is 12.1. The number of sulfone groups is 1. The summed E-state index contributed by atoms with van der Waals surface area (Å²) in [7, 11) is -3.96. The monoisotopic (exact) mass is 235 g/mol. The molecule has 0 aliphatic carbocycles. The van der Waals surface area contributed by atoms with Crippen LogP contribution in [0.3, 0.4) is 0 Å². The third-order valence-electron chi connectivity index (χ3n) is 1.80. The van der Waals surface area contributed by atoms with Crippen LogP contribution in [0, 0.1) is 0 Å². The van der Waals surface area contributed by atoms with Gasteiger partial charge in [-0.3, -0.25) is 0 Å². The predicted octanol–water partition coefficient (Wildman–Crippen LogP) is 1.05. The normalized spacial score (nSPS) is 12.7. The van der Waals surface area contributed by atoms with Crippen LogP contribution in [-0.2, 0) is 9.84 Å². The molecule has 0 atom stereocenters. The number of rotatable bonds is 4. The van der Waals surface area contributed by atoms with Crippen LogP contribution < -0.4 is 5.73 Å². The van der Waals surface area contributed by atoms with E-state index in [0.29, 0.717) is 0 Å². The summed E-state index contributed by atoms with van der Waals surface area (Å²) in [6.07, 6.45) is 0. The molecule has 0 saturated carbocycles. The number of benzene rings is 1. The lowest BCUT2D eigenvalue weighted by Gasteiger charge is -2.13. The maximum atomic E-state index is 12.8. The van der Waals surface area contributed by atoms with Gasteiger partial charge in [-0.15, -0.1) is 0 Å². The highest BCUT2D eigenvalue weighted by atomic mass is 32.2. The summed E-state index contributed by atoms with van der Waals surface area (Å²) in [4.78, 5) is -0.113. The van der Waals surface area contributed by atoms with Gasteiger partial charge in [-0.05, 0) is 12.1 Å². The Hall–Kier alpha value is -1.01. The van der Waals surface area contributed by atoms with E-state index in [9.17, 15) is 17.2 Å². The summed E-state index contributed by atoms with van der Waals surface area (Å²) in [5.74, 6) is -4.63. The maximum absolute atomic E-state index is 12.8. The first-order valence-electron chi connectivity index (χ1n) is 4.23. The summed E-state index contributed by atoms with van der Waals surface area (Å²) in [5.41, 5.74) is 4.78. The van der Waals surface area contributed by atoms with E-state index in [0.717, 1.165) is 0 Å². The van der Waals surface area contributed by atoms with Gasteiger partial charge in [0.05, 0.1) is 11.4 Å². The molecule has 1 aromatic carbocycles. The SMILES string of the molecule is NCC(F)(F)CS(=O)(=O)c1ccccc1. The molecule has 15 heavy (non-hydrogen) atoms. The van der Waals surface area contributed by atoms with Crippen LogP contribution in [0.15, 0.2) is 35.2 Å². The van der Waals surface area contributed by atoms with Gasteiger partial charge in [-0.2, -0.15) is 0 Å². The molecule has 0 radical (unpaired) electrons. The fourth-order valence-electron chi connectivity index (χ4n) is 1.05. The minimum absolute atomic E-state index is 0.113. The first-order chi connectivity index (χ1) is 6.87. The van der Waals surface area contributed by atoms with Crippen molar-refractivity contribution in [3.8, 4) is 0 Å². The lowest BCUT2D eigenvalue weighted by atomic mass is 10.4. The van der Waals surface area contributed by atoms with E-state index >= 15 is 0 Å². The molecule has 1 aromatic rings. The van der Waals surface area contributed by atoms with Crippen molar-refractivity contribution >= 4 is 9.84 Å². The second kappa shape index (κ2) is 4.24. The minimum atomic E-state index is -3.96. The summed E-state index contributed by atoms with van der Waals surface area (Å²) >= 11 is 0. The zero-order valence-electron chi connectivity index (χ0n) is 7.86. The second-order valence-corrected chi connectivity index (χ2v) is 5.12. The van der Waals surface area contributed by atoms with Crippen molar-refractivity contribution in [3.63, 3.8) is 0 Å². The van der Waals surface area contributed by atoms with Gasteiger partial charge in [0.15, 0.2) is 9.84 Å². The van der Waals surface area contributed by atoms with E-state index in [2.05, 4.69) is 0 Å². The molecule has 3 nitrogen and oxygen atoms in total. The van der Waals surface area contributed by atoms with Gasteiger partial charge in [0.25, 0.3) is 5.92 Å². The first-order valence-corrected chi connectivity index (χ1v) is 5.88. The molecule has 2 N–H and O–H groups in total. The number of hydrogen-bond donors (Lipinski definition) is 1. The predicted molar refractivity (Wildman–Crippen MR) is 52.5 cm³/mol. The Kier molecular flexibility index (Phi) is 3.41. The lowest BCUT2D eigenvalue weighted by molar-refractivity contribution is 0.0357. The van der Waals surface area contributed by atoms with Gasteiger partial charge < -0.3 is 5.73 Å². The number of hydrogen-bond acceptors (Lipinski definition) is 3. The molecule has 0 saturated heterocycles. The molecule has 1 rings (SSSR count). The maximum Gasteiger partial charge on any atom is 0.274 e. The second-order valence-electron chi connectivity index (χ2n) is 3.13. The molecule has 6 heteroatoms. The lowest BCUT2D eigenvalue weighted by Crippen LogP contribution is -2.35. The fourth-order valence-corrected chi connectivity index (χ4v) is 2.46. The molecule has 0 heterocycles. The Morgan fingerprint density at radius 1 is 1.20 bits per heavy atom. The molecule has 0 unspecified atom stereocenters. The molecule has 84 valence electrons. The van der Waals surface area contributed by atoms with E-state index in [4.69, 9.17) is 5.73 Å². The molecule has 0 amide bonds. The zero-order chi connectivity index (χ0) is 11.5. The van der Waals surface area contributed by atoms with Crippen molar-refractivity contribution < 1.29 is 17.2 Å². The average molecular weight is 235 g/mol. The Morgan fingerprint density at radius 2 is 1.73 bits per heavy atom. The fraction of sp³-hybridized carbons (Fsp3) is 0.333. The number of alkyl halides is 2. The molecular weight excluding hydrogens is 224 g/mol. The van der Waals surface area contributed by atoms with Gasteiger partial charge in [0.2, 0.25) is 0 Å². The highest BCUT2D eigenvalue weighted by molar-refractivity contribution is 7.91. The molecule has 0 aliphatic rings. The van der Waals surface area contributed by atoms with Crippen molar-refractivity contribution in [2.45, 2.75) is 10.8 Å². The van der Waals surface area contributed by atoms with Crippen LogP contribution in [0.4, 0.5) is 8.78 Å². The van der Waals surface area contributed by atoms with Crippen LogP contribution in [-0.4, -0.2) is 26.6 Å². The third-order valence-corrected chi connectivity index (χ3v) is 3.59. The van der Waals surface area contributed by atoms with Crippen LogP contribution in [0.1, 0.15) is 0 Å². The van der Waals surface area contributed by atoms with Crippen molar-refractivity contribution in [1.29, 1.82) is 0 Å². The van der Waals surface area contributed by atoms with Crippen molar-refractivity contribution in [1.82, 2.24) is 0 Å². The topological polar surface area (TPSA) is 60.2 Å². The van der Waals surface area contributed by atoms with Crippen molar-refractivity contribution in [2.24, 2.45) is 5.73 Å². The van der Waals surface area contributed by atoms with Gasteiger partial charge in [0, 0.05) is 0 Å². The molecule has 0 aromatic heterocycles. The van der Waals surface area contributed by atoms with Crippen LogP contribution in [0.25, 0.3) is 0 Å². The van der Waals surface area contributed by atoms with E-state index < -0.39 is 28.1 Å². The average Bonchev–Trinajstić information content (AvgIpc) is 2.18. The number of nitrogens with two attached hydrogens (primary N) is 1. The van der Waals surface area contributed by atoms with E-state index in [1.165, 1.54) is 24.3 Å². The van der Waals surface area contributed by atoms with Gasteiger partial charge in [0.1, 0.15) is 5.75 Å². The Labute approximate surface area is 86.8 Å². The van der Waals surface area contributed by atoms with Crippen molar-refractivity contribution in [2.75, 3.05) is 12.3 Å². The zero-order valence-corrected chi connectivity index (χ0v) is 8.68. The largest absolute Gasteiger partial charge is 0.325 e. The Bertz CT molecular complexity index is 417. The minimum Gasteiger partial charge on any atom is -0.325 e. The van der Waals surface area contributed by atoms with E-state index in [1.807, 2.05) is 0 Å². The molecule has 0 fully saturated rings. The summed E-state index contributed by atoms with van der Waals surface area (Å²) < 4.78 is 48.6. The van der Waals surface area contributed by atoms with Gasteiger partial charge in [-0.1, -0.05) is 18.2 Å². The van der Waals surface area contributed by atoms with Crippen LogP contribution >= 0.6 is 0 Å². The highest BCUT2D eigenvalue weighted by Gasteiger charge is 2.34. The summed E-state index contributed by atoms with van der Waals surface area (Å²) in [6, 6.07) is 7.13. The molecule has 0 spiro atoms. The molecule has 0 aliphatic heterocycles. The van der Waals surface area contributed by atoms with E-state index in [1.54, 1.807) is 6.07 Å². The quantitative estimate of drug-likeness (QED) is 0.848. The molecular formula is C9H11F2NO2S. The number of halogens is 2. The third kappa shape index (κ3) is 3.24.